The Balaban J connectivity index is 0.000000686. The second-order valence-electron chi connectivity index (χ2n) is 3.94. The summed E-state index contributed by atoms with van der Waals surface area (Å²) in [6, 6.07) is 10.5. The molecule has 92 valence electrons. The lowest BCUT2D eigenvalue weighted by atomic mass is 10.0. The predicted molar refractivity (Wildman–Crippen MR) is 76.3 cm³/mol. The maximum atomic E-state index is 4.37. The third-order valence-electron chi connectivity index (χ3n) is 2.79. The third-order valence-corrected chi connectivity index (χ3v) is 2.79. The molecule has 1 heterocycles. The van der Waals surface area contributed by atoms with Gasteiger partial charge in [0, 0.05) is 11.6 Å². The number of hydrogen-bond donors (Lipinski definition) is 0. The van der Waals surface area contributed by atoms with Crippen LogP contribution in [0.2, 0.25) is 0 Å². The van der Waals surface area contributed by atoms with E-state index in [0.29, 0.717) is 0 Å². The number of pyridine rings is 1. The summed E-state index contributed by atoms with van der Waals surface area (Å²) in [5.41, 5.74) is 2.56. The van der Waals surface area contributed by atoms with E-state index >= 15 is 0 Å². The van der Waals surface area contributed by atoms with Crippen LogP contribution in [-0.4, -0.2) is 4.98 Å². The van der Waals surface area contributed by atoms with Gasteiger partial charge in [-0.1, -0.05) is 51.8 Å². The Kier molecular flexibility index (Phi) is 6.31. The van der Waals surface area contributed by atoms with E-state index in [4.69, 9.17) is 0 Å². The molecule has 0 radical (unpaired) electrons. The number of aryl methyl sites for hydroxylation is 1. The molecule has 0 saturated heterocycles. The zero-order valence-electron chi connectivity index (χ0n) is 11.2. The summed E-state index contributed by atoms with van der Waals surface area (Å²) >= 11 is 0. The number of fused-ring (bicyclic) bond motifs is 1. The Morgan fingerprint density at radius 1 is 1.00 bits per heavy atom. The van der Waals surface area contributed by atoms with Crippen LogP contribution < -0.4 is 0 Å². The minimum Gasteiger partial charge on any atom is -0.256 e. The fraction of sp³-hybridized carbons (Fsp3) is 0.438. The predicted octanol–water partition coefficient (Wildman–Crippen LogP) is 4.99. The van der Waals surface area contributed by atoms with Crippen molar-refractivity contribution in [2.75, 3.05) is 0 Å². The molecule has 2 aromatic rings. The standard InChI is InChI=1S/C14H17N.C2H6/c1-2-3-4-7-12-10-11-15-14-9-6-5-8-13(12)14;1-2/h5-6,8-11H,2-4,7H2,1H3;1-2H3. The zero-order chi connectivity index (χ0) is 12.5. The van der Waals surface area contributed by atoms with Gasteiger partial charge in [0.1, 0.15) is 0 Å². The first kappa shape index (κ1) is 13.7. The molecular formula is C16H23N. The van der Waals surface area contributed by atoms with Crippen LogP contribution in [0.5, 0.6) is 0 Å². The average Bonchev–Trinajstić information content (AvgIpc) is 2.42. The maximum Gasteiger partial charge on any atom is 0.0704 e. The highest BCUT2D eigenvalue weighted by Crippen LogP contribution is 2.18. The minimum absolute atomic E-state index is 1.12. The Hall–Kier alpha value is -1.37. The van der Waals surface area contributed by atoms with Gasteiger partial charge in [-0.25, -0.2) is 0 Å². The summed E-state index contributed by atoms with van der Waals surface area (Å²) in [5, 5.41) is 1.32. The first-order valence-electron chi connectivity index (χ1n) is 6.74. The molecule has 17 heavy (non-hydrogen) atoms. The lowest BCUT2D eigenvalue weighted by molar-refractivity contribution is 0.719. The monoisotopic (exact) mass is 229 g/mol. The smallest absolute Gasteiger partial charge is 0.0704 e. The Morgan fingerprint density at radius 3 is 2.53 bits per heavy atom. The second kappa shape index (κ2) is 7.83. The van der Waals surface area contributed by atoms with Crippen LogP contribution >= 0.6 is 0 Å². The summed E-state index contributed by atoms with van der Waals surface area (Å²) in [4.78, 5) is 4.37. The SMILES string of the molecule is CC.CCCCCc1ccnc2ccccc12. The highest BCUT2D eigenvalue weighted by Gasteiger charge is 2.00. The normalized spacial score (nSPS) is 9.82. The molecule has 0 unspecified atom stereocenters. The molecule has 0 aliphatic rings. The summed E-state index contributed by atoms with van der Waals surface area (Å²) in [6.45, 7) is 6.24. The summed E-state index contributed by atoms with van der Waals surface area (Å²) < 4.78 is 0. The van der Waals surface area contributed by atoms with Crippen LogP contribution in [-0.2, 0) is 6.42 Å². The van der Waals surface area contributed by atoms with E-state index in [0.717, 1.165) is 5.52 Å². The van der Waals surface area contributed by atoms with E-state index in [9.17, 15) is 0 Å². The van der Waals surface area contributed by atoms with Gasteiger partial charge in [0.2, 0.25) is 0 Å². The molecule has 1 heteroatoms. The van der Waals surface area contributed by atoms with Crippen molar-refractivity contribution in [1.82, 2.24) is 4.98 Å². The largest absolute Gasteiger partial charge is 0.256 e. The number of unbranched alkanes of at least 4 members (excludes halogenated alkanes) is 2. The van der Waals surface area contributed by atoms with Gasteiger partial charge in [-0.15, -0.1) is 0 Å². The Bertz CT molecular complexity index is 429. The number of para-hydroxylation sites is 1. The quantitative estimate of drug-likeness (QED) is 0.673. The van der Waals surface area contributed by atoms with E-state index in [-0.39, 0.29) is 0 Å². The molecule has 0 aliphatic heterocycles. The summed E-state index contributed by atoms with van der Waals surface area (Å²) in [6.07, 6.45) is 6.98. The van der Waals surface area contributed by atoms with Gasteiger partial charge in [-0.3, -0.25) is 4.98 Å². The Morgan fingerprint density at radius 2 is 1.76 bits per heavy atom. The van der Waals surface area contributed by atoms with Gasteiger partial charge in [-0.2, -0.15) is 0 Å². The van der Waals surface area contributed by atoms with E-state index in [1.165, 1.54) is 36.6 Å². The minimum atomic E-state index is 1.12. The van der Waals surface area contributed by atoms with Crippen molar-refractivity contribution < 1.29 is 0 Å². The van der Waals surface area contributed by atoms with Gasteiger partial charge in [0.15, 0.2) is 0 Å². The number of aromatic nitrogens is 1. The van der Waals surface area contributed by atoms with Crippen molar-refractivity contribution in [3.8, 4) is 0 Å². The first-order chi connectivity index (χ1) is 8.42. The molecule has 0 spiro atoms. The second-order valence-corrected chi connectivity index (χ2v) is 3.94. The van der Waals surface area contributed by atoms with E-state index in [1.807, 2.05) is 26.1 Å². The van der Waals surface area contributed by atoms with Crippen molar-refractivity contribution >= 4 is 10.9 Å². The number of nitrogens with zero attached hydrogens (tertiary/aromatic N) is 1. The van der Waals surface area contributed by atoms with Crippen molar-refractivity contribution in [3.05, 3.63) is 42.1 Å². The van der Waals surface area contributed by atoms with Gasteiger partial charge in [0.25, 0.3) is 0 Å². The molecular weight excluding hydrogens is 206 g/mol. The van der Waals surface area contributed by atoms with Crippen molar-refractivity contribution in [2.45, 2.75) is 46.5 Å². The molecule has 0 saturated carbocycles. The van der Waals surface area contributed by atoms with Crippen LogP contribution in [0.15, 0.2) is 36.5 Å². The number of rotatable bonds is 4. The lowest BCUT2D eigenvalue weighted by Crippen LogP contribution is -1.89. The molecule has 1 aromatic carbocycles. The molecule has 0 N–H and O–H groups in total. The number of hydrogen-bond acceptors (Lipinski definition) is 1. The summed E-state index contributed by atoms with van der Waals surface area (Å²) in [5.74, 6) is 0. The van der Waals surface area contributed by atoms with Crippen LogP contribution in [0.4, 0.5) is 0 Å². The number of benzene rings is 1. The molecule has 2 rings (SSSR count). The van der Waals surface area contributed by atoms with Gasteiger partial charge < -0.3 is 0 Å². The fourth-order valence-electron chi connectivity index (χ4n) is 1.94. The summed E-state index contributed by atoms with van der Waals surface area (Å²) in [7, 11) is 0. The zero-order valence-corrected chi connectivity index (χ0v) is 11.2. The first-order valence-corrected chi connectivity index (χ1v) is 6.74. The van der Waals surface area contributed by atoms with E-state index < -0.39 is 0 Å². The molecule has 0 bridgehead atoms. The molecule has 0 amide bonds. The van der Waals surface area contributed by atoms with Crippen LogP contribution in [0.3, 0.4) is 0 Å². The maximum absolute atomic E-state index is 4.37. The fourth-order valence-corrected chi connectivity index (χ4v) is 1.94. The van der Waals surface area contributed by atoms with Crippen molar-refractivity contribution in [1.29, 1.82) is 0 Å². The van der Waals surface area contributed by atoms with E-state index in [2.05, 4.69) is 36.2 Å². The topological polar surface area (TPSA) is 12.9 Å². The highest BCUT2D eigenvalue weighted by atomic mass is 14.6. The lowest BCUT2D eigenvalue weighted by Gasteiger charge is -2.04. The van der Waals surface area contributed by atoms with Crippen molar-refractivity contribution in [2.24, 2.45) is 0 Å². The van der Waals surface area contributed by atoms with Gasteiger partial charge >= 0.3 is 0 Å². The van der Waals surface area contributed by atoms with Gasteiger partial charge in [0.05, 0.1) is 5.52 Å². The Labute approximate surface area is 105 Å². The molecule has 0 fully saturated rings. The van der Waals surface area contributed by atoms with Gasteiger partial charge in [-0.05, 0) is 30.5 Å². The molecule has 1 nitrogen and oxygen atoms in total. The van der Waals surface area contributed by atoms with E-state index in [1.54, 1.807) is 0 Å². The van der Waals surface area contributed by atoms with Crippen molar-refractivity contribution in [3.63, 3.8) is 0 Å². The van der Waals surface area contributed by atoms with Crippen LogP contribution in [0, 0.1) is 0 Å². The molecule has 0 atom stereocenters. The molecule has 0 aliphatic carbocycles. The average molecular weight is 229 g/mol. The molecule has 1 aromatic heterocycles. The third kappa shape index (κ3) is 3.85. The van der Waals surface area contributed by atoms with Crippen LogP contribution in [0.25, 0.3) is 10.9 Å². The van der Waals surface area contributed by atoms with Crippen LogP contribution in [0.1, 0.15) is 45.6 Å². The highest BCUT2D eigenvalue weighted by molar-refractivity contribution is 5.81.